The van der Waals surface area contributed by atoms with Gasteiger partial charge in [0.15, 0.2) is 0 Å². The minimum atomic E-state index is 0.962. The highest BCUT2D eigenvalue weighted by atomic mass is 127. The van der Waals surface area contributed by atoms with E-state index in [0.717, 1.165) is 55.5 Å². The summed E-state index contributed by atoms with van der Waals surface area (Å²) in [6.45, 7) is 0. The van der Waals surface area contributed by atoms with E-state index in [2.05, 4.69) is 28.7 Å². The summed E-state index contributed by atoms with van der Waals surface area (Å²) in [6, 6.07) is 2.40. The number of nitrogens with two attached hydrogens (primary N) is 2. The zero-order chi connectivity index (χ0) is 20.1. The summed E-state index contributed by atoms with van der Waals surface area (Å²) in [4.78, 5) is 0. The van der Waals surface area contributed by atoms with Gasteiger partial charge in [0, 0.05) is 14.9 Å². The first-order valence-corrected chi connectivity index (χ1v) is 12.1. The van der Waals surface area contributed by atoms with Gasteiger partial charge >= 0.3 is 0 Å². The Morgan fingerprint density at radius 3 is 1.24 bits per heavy atom. The lowest BCUT2D eigenvalue weighted by molar-refractivity contribution is 0.896. The third-order valence-electron chi connectivity index (χ3n) is 7.42. The fourth-order valence-electron chi connectivity index (χ4n) is 6.06. The first kappa shape index (κ1) is 19.2. The van der Waals surface area contributed by atoms with Crippen LogP contribution in [0.5, 0.6) is 0 Å². The van der Waals surface area contributed by atoms with Gasteiger partial charge in [-0.15, -0.1) is 0 Å². The van der Waals surface area contributed by atoms with Crippen LogP contribution in [0.4, 0.5) is 11.4 Å². The molecule has 4 heteroatoms. The molecule has 0 heterocycles. The quantitative estimate of drug-likeness (QED) is 0.399. The molecule has 4 N–H and O–H groups in total. The first-order valence-electron chi connectivity index (χ1n) is 11.1. The number of hydrogen-bond acceptors (Lipinski definition) is 3. The van der Waals surface area contributed by atoms with Crippen LogP contribution in [0.1, 0.15) is 75.8 Å². The van der Waals surface area contributed by atoms with Crippen LogP contribution in [0.25, 0.3) is 0 Å². The Hall–Kier alpha value is -1.74. The van der Waals surface area contributed by atoms with Gasteiger partial charge in [-0.2, -0.15) is 5.26 Å². The van der Waals surface area contributed by atoms with Crippen molar-refractivity contribution in [3.05, 3.63) is 53.6 Å². The monoisotopic (exact) mass is 497 g/mol. The van der Waals surface area contributed by atoms with Gasteiger partial charge in [0.25, 0.3) is 0 Å². The van der Waals surface area contributed by atoms with Crippen LogP contribution in [0.2, 0.25) is 0 Å². The number of hydrogen-bond donors (Lipinski definition) is 2. The molecule has 150 valence electrons. The molecule has 0 fully saturated rings. The fraction of sp³-hybridized carbons (Fsp3) is 0.480. The van der Waals surface area contributed by atoms with E-state index in [0.29, 0.717) is 0 Å². The van der Waals surface area contributed by atoms with Gasteiger partial charge in [-0.3, -0.25) is 0 Å². The van der Waals surface area contributed by atoms with E-state index >= 15 is 0 Å². The molecule has 0 atom stereocenters. The van der Waals surface area contributed by atoms with E-state index in [4.69, 9.17) is 11.5 Å². The molecule has 0 saturated carbocycles. The summed E-state index contributed by atoms with van der Waals surface area (Å²) in [7, 11) is 0. The maximum Gasteiger partial charge on any atom is 0.0997 e. The molecule has 4 aliphatic rings. The fourth-order valence-corrected chi connectivity index (χ4v) is 7.25. The van der Waals surface area contributed by atoms with Crippen LogP contribution in [-0.2, 0) is 51.4 Å². The summed E-state index contributed by atoms with van der Waals surface area (Å²) < 4.78 is 1.54. The van der Waals surface area contributed by atoms with E-state index < -0.39 is 0 Å². The zero-order valence-corrected chi connectivity index (χ0v) is 19.1. The molecule has 4 aliphatic carbocycles. The number of halogens is 1. The predicted molar refractivity (Wildman–Crippen MR) is 127 cm³/mol. The van der Waals surface area contributed by atoms with Gasteiger partial charge in [-0.05, 0) is 144 Å². The van der Waals surface area contributed by atoms with Gasteiger partial charge in [-0.25, -0.2) is 0 Å². The Labute approximate surface area is 187 Å². The van der Waals surface area contributed by atoms with E-state index in [1.165, 1.54) is 75.5 Å². The normalized spacial score (nSPS) is 17.8. The van der Waals surface area contributed by atoms with Crippen molar-refractivity contribution in [2.75, 3.05) is 11.5 Å². The van der Waals surface area contributed by atoms with Crippen molar-refractivity contribution in [1.29, 1.82) is 5.26 Å². The second kappa shape index (κ2) is 7.50. The molecule has 0 spiro atoms. The van der Waals surface area contributed by atoms with Crippen LogP contribution >= 0.6 is 22.6 Å². The average Bonchev–Trinajstić information content (AvgIpc) is 3.53. The maximum atomic E-state index is 9.27. The lowest BCUT2D eigenvalue weighted by Crippen LogP contribution is -2.03. The zero-order valence-electron chi connectivity index (χ0n) is 17.0. The Kier molecular flexibility index (Phi) is 4.98. The molecule has 2 aromatic rings. The molecule has 0 unspecified atom stereocenters. The molecule has 6 rings (SSSR count). The standard InChI is InChI=1S/C13H14N2.C12H14IN/c14-7-12-8-3-1-5-10(8)13(15)11-6-2-4-9(11)12;13-11-7-3-1-5-9(7)12(14)10-6-2-4-8(10)11/h1-6,15H2;1-6,14H2. The van der Waals surface area contributed by atoms with Crippen molar-refractivity contribution in [3.8, 4) is 6.07 Å². The van der Waals surface area contributed by atoms with Crippen LogP contribution in [0, 0.1) is 14.9 Å². The number of nitrogen functional groups attached to an aromatic ring is 2. The summed E-state index contributed by atoms with van der Waals surface area (Å²) in [5, 5.41) is 9.27. The number of nitrogens with zero attached hydrogens (tertiary/aromatic N) is 1. The minimum absolute atomic E-state index is 0.962. The molecule has 2 aromatic carbocycles. The highest BCUT2D eigenvalue weighted by Gasteiger charge is 2.27. The third kappa shape index (κ3) is 2.96. The van der Waals surface area contributed by atoms with Gasteiger partial charge < -0.3 is 11.5 Å². The highest BCUT2D eigenvalue weighted by molar-refractivity contribution is 14.1. The molecular weight excluding hydrogens is 469 g/mol. The van der Waals surface area contributed by atoms with Crippen molar-refractivity contribution >= 4 is 34.0 Å². The Balaban J connectivity index is 0.000000125. The van der Waals surface area contributed by atoms with Gasteiger partial charge in [0.1, 0.15) is 0 Å². The van der Waals surface area contributed by atoms with E-state index in [1.54, 1.807) is 11.1 Å². The Morgan fingerprint density at radius 1 is 0.552 bits per heavy atom. The summed E-state index contributed by atoms with van der Waals surface area (Å²) in [6.07, 6.45) is 14.1. The highest BCUT2D eigenvalue weighted by Crippen LogP contribution is 2.41. The number of nitriles is 1. The predicted octanol–water partition coefficient (Wildman–Crippen LogP) is 4.97. The minimum Gasteiger partial charge on any atom is -0.398 e. The molecule has 0 aromatic heterocycles. The second-order valence-corrected chi connectivity index (χ2v) is 9.95. The number of benzene rings is 2. The molecule has 0 amide bonds. The van der Waals surface area contributed by atoms with Crippen LogP contribution in [0.15, 0.2) is 0 Å². The first-order chi connectivity index (χ1) is 14.1. The van der Waals surface area contributed by atoms with Crippen LogP contribution in [0.3, 0.4) is 0 Å². The second-order valence-electron chi connectivity index (χ2n) is 8.87. The van der Waals surface area contributed by atoms with E-state index in [1.807, 2.05) is 0 Å². The maximum absolute atomic E-state index is 9.27. The topological polar surface area (TPSA) is 75.8 Å². The van der Waals surface area contributed by atoms with Gasteiger partial charge in [0.2, 0.25) is 0 Å². The number of rotatable bonds is 0. The molecule has 0 saturated heterocycles. The van der Waals surface area contributed by atoms with Gasteiger partial charge in [-0.1, -0.05) is 0 Å². The van der Waals surface area contributed by atoms with E-state index in [-0.39, 0.29) is 0 Å². The lowest BCUT2D eigenvalue weighted by atomic mass is 9.93. The molecule has 0 aliphatic heterocycles. The van der Waals surface area contributed by atoms with Gasteiger partial charge in [0.05, 0.1) is 11.6 Å². The molecular formula is C25H28IN3. The SMILES string of the molecule is N#Cc1c2c(c(N)c3c1CCC3)CCC2.Nc1c2c(c(I)c3c1CCC3)CCC2. The van der Waals surface area contributed by atoms with Crippen molar-refractivity contribution in [2.24, 2.45) is 0 Å². The van der Waals surface area contributed by atoms with Crippen LogP contribution in [-0.4, -0.2) is 0 Å². The van der Waals surface area contributed by atoms with E-state index in [9.17, 15) is 5.26 Å². The summed E-state index contributed by atoms with van der Waals surface area (Å²) in [5.74, 6) is 0. The summed E-state index contributed by atoms with van der Waals surface area (Å²) >= 11 is 2.53. The van der Waals surface area contributed by atoms with Crippen molar-refractivity contribution in [2.45, 2.75) is 77.0 Å². The molecule has 0 bridgehead atoms. The van der Waals surface area contributed by atoms with Crippen LogP contribution < -0.4 is 11.5 Å². The lowest BCUT2D eigenvalue weighted by Gasteiger charge is -2.13. The largest absolute Gasteiger partial charge is 0.398 e. The van der Waals surface area contributed by atoms with Crippen molar-refractivity contribution < 1.29 is 0 Å². The third-order valence-corrected chi connectivity index (χ3v) is 8.72. The summed E-state index contributed by atoms with van der Waals surface area (Å²) in [5.41, 5.74) is 26.8. The Bertz CT molecular complexity index is 954. The molecule has 0 radical (unpaired) electrons. The molecule has 3 nitrogen and oxygen atoms in total. The van der Waals surface area contributed by atoms with Crippen molar-refractivity contribution in [3.63, 3.8) is 0 Å². The Morgan fingerprint density at radius 2 is 0.862 bits per heavy atom. The number of anilines is 2. The average molecular weight is 497 g/mol. The molecule has 29 heavy (non-hydrogen) atoms. The smallest absolute Gasteiger partial charge is 0.0997 e. The van der Waals surface area contributed by atoms with Crippen molar-refractivity contribution in [1.82, 2.24) is 0 Å². The number of fused-ring (bicyclic) bond motifs is 4.